The van der Waals surface area contributed by atoms with Crippen LogP contribution >= 0.6 is 0 Å². The fourth-order valence-electron chi connectivity index (χ4n) is 1.85. The van der Waals surface area contributed by atoms with Crippen molar-refractivity contribution < 1.29 is 14.0 Å². The summed E-state index contributed by atoms with van der Waals surface area (Å²) in [5, 5.41) is 6.60. The molecule has 0 fully saturated rings. The average molecular weight is 313 g/mol. The van der Waals surface area contributed by atoms with E-state index in [1.807, 2.05) is 6.92 Å². The molecular weight excluding hydrogens is 294 g/mol. The van der Waals surface area contributed by atoms with Gasteiger partial charge in [0.05, 0.1) is 12.5 Å². The second kappa shape index (κ2) is 8.53. The normalized spacial score (nSPS) is 10.7. The smallest absolute Gasteiger partial charge is 0.271 e. The maximum atomic E-state index is 11.9. The number of amides is 2. The maximum absolute atomic E-state index is 11.9. The quantitative estimate of drug-likeness (QED) is 0.608. The predicted octanol–water partition coefficient (Wildman–Crippen LogP) is 3.17. The number of benzene rings is 1. The predicted molar refractivity (Wildman–Crippen MR) is 88.4 cm³/mol. The van der Waals surface area contributed by atoms with Crippen molar-refractivity contribution in [1.82, 2.24) is 5.43 Å². The summed E-state index contributed by atoms with van der Waals surface area (Å²) in [6.07, 6.45) is 5.28. The zero-order valence-corrected chi connectivity index (χ0v) is 12.9. The summed E-state index contributed by atoms with van der Waals surface area (Å²) < 4.78 is 5.06. The highest BCUT2D eigenvalue weighted by molar-refractivity contribution is 5.96. The first kappa shape index (κ1) is 16.5. The van der Waals surface area contributed by atoms with E-state index in [1.54, 1.807) is 36.4 Å². The van der Waals surface area contributed by atoms with E-state index in [-0.39, 0.29) is 11.8 Å². The number of rotatable bonds is 7. The molecule has 0 aliphatic rings. The van der Waals surface area contributed by atoms with Gasteiger partial charge in [0.1, 0.15) is 5.76 Å². The van der Waals surface area contributed by atoms with Crippen molar-refractivity contribution in [3.05, 3.63) is 54.0 Å². The molecule has 1 aromatic carbocycles. The number of hydrogen-bond donors (Lipinski definition) is 2. The monoisotopic (exact) mass is 313 g/mol. The molecular formula is C17H19N3O3. The highest BCUT2D eigenvalue weighted by Gasteiger charge is 2.05. The molecule has 0 bridgehead atoms. The van der Waals surface area contributed by atoms with Gasteiger partial charge in [-0.15, -0.1) is 0 Å². The largest absolute Gasteiger partial charge is 0.463 e. The van der Waals surface area contributed by atoms with Gasteiger partial charge in [-0.1, -0.05) is 13.3 Å². The number of hydrogen-bond acceptors (Lipinski definition) is 4. The molecule has 2 amide bonds. The van der Waals surface area contributed by atoms with Crippen LogP contribution in [0.2, 0.25) is 0 Å². The van der Waals surface area contributed by atoms with Gasteiger partial charge >= 0.3 is 0 Å². The molecule has 6 heteroatoms. The molecule has 0 radical (unpaired) electrons. The van der Waals surface area contributed by atoms with Crippen molar-refractivity contribution >= 4 is 23.7 Å². The van der Waals surface area contributed by atoms with Crippen LogP contribution in [0.1, 0.15) is 42.3 Å². The van der Waals surface area contributed by atoms with Gasteiger partial charge in [0.15, 0.2) is 0 Å². The number of carbonyl (C=O) groups excluding carboxylic acids is 2. The number of nitrogens with zero attached hydrogens (tertiary/aromatic N) is 1. The molecule has 0 atom stereocenters. The topological polar surface area (TPSA) is 83.7 Å². The second-order valence-corrected chi connectivity index (χ2v) is 4.94. The summed E-state index contributed by atoms with van der Waals surface area (Å²) in [6, 6.07) is 10.1. The lowest BCUT2D eigenvalue weighted by atomic mass is 10.2. The first-order valence-corrected chi connectivity index (χ1v) is 7.46. The van der Waals surface area contributed by atoms with Gasteiger partial charge in [0.25, 0.3) is 5.91 Å². The SMILES string of the molecule is CCCCC(=O)Nc1ccc(C(=O)NN=Cc2ccco2)cc1. The Morgan fingerprint density at radius 2 is 2.00 bits per heavy atom. The van der Waals surface area contributed by atoms with Crippen LogP contribution in [0.15, 0.2) is 52.2 Å². The van der Waals surface area contributed by atoms with Crippen LogP contribution in [0.4, 0.5) is 5.69 Å². The number of carbonyl (C=O) groups is 2. The van der Waals surface area contributed by atoms with Gasteiger partial charge in [-0.05, 0) is 42.8 Å². The Bertz CT molecular complexity index is 661. The number of furan rings is 1. The van der Waals surface area contributed by atoms with E-state index in [4.69, 9.17) is 4.42 Å². The Hall–Kier alpha value is -2.89. The Labute approximate surface area is 134 Å². The van der Waals surface area contributed by atoms with Gasteiger partial charge in [-0.25, -0.2) is 5.43 Å². The van der Waals surface area contributed by atoms with Crippen LogP contribution in [0, 0.1) is 0 Å². The minimum atomic E-state index is -0.336. The fraction of sp³-hybridized carbons (Fsp3) is 0.235. The Morgan fingerprint density at radius 1 is 1.22 bits per heavy atom. The average Bonchev–Trinajstić information content (AvgIpc) is 3.07. The number of unbranched alkanes of at least 4 members (excludes halogenated alkanes) is 1. The van der Waals surface area contributed by atoms with Crippen LogP contribution in [0.5, 0.6) is 0 Å². The lowest BCUT2D eigenvalue weighted by Gasteiger charge is -2.05. The first-order valence-electron chi connectivity index (χ1n) is 7.46. The van der Waals surface area contributed by atoms with E-state index in [0.29, 0.717) is 23.4 Å². The number of anilines is 1. The summed E-state index contributed by atoms with van der Waals surface area (Å²) in [5.74, 6) is 0.194. The van der Waals surface area contributed by atoms with Crippen LogP contribution in [0.25, 0.3) is 0 Å². The third kappa shape index (κ3) is 5.43. The van der Waals surface area contributed by atoms with E-state index >= 15 is 0 Å². The van der Waals surface area contributed by atoms with E-state index in [0.717, 1.165) is 12.8 Å². The molecule has 23 heavy (non-hydrogen) atoms. The number of hydrazone groups is 1. The summed E-state index contributed by atoms with van der Waals surface area (Å²) in [5.41, 5.74) is 3.53. The Morgan fingerprint density at radius 3 is 2.65 bits per heavy atom. The molecule has 0 saturated carbocycles. The van der Waals surface area contributed by atoms with Gasteiger partial charge in [-0.3, -0.25) is 9.59 Å². The lowest BCUT2D eigenvalue weighted by molar-refractivity contribution is -0.116. The van der Waals surface area contributed by atoms with Crippen molar-refractivity contribution in [1.29, 1.82) is 0 Å². The fourth-order valence-corrected chi connectivity index (χ4v) is 1.85. The van der Waals surface area contributed by atoms with Crippen molar-refractivity contribution in [2.75, 3.05) is 5.32 Å². The zero-order valence-electron chi connectivity index (χ0n) is 12.9. The second-order valence-electron chi connectivity index (χ2n) is 4.94. The standard InChI is InChI=1S/C17H19N3O3/c1-2-3-6-16(21)19-14-9-7-13(8-10-14)17(22)20-18-12-15-5-4-11-23-15/h4-5,7-12H,2-3,6H2,1H3,(H,19,21)(H,20,22). The third-order valence-electron chi connectivity index (χ3n) is 3.09. The van der Waals surface area contributed by atoms with Crippen molar-refractivity contribution in [3.8, 4) is 0 Å². The molecule has 1 aromatic heterocycles. The molecule has 120 valence electrons. The Balaban J connectivity index is 1.86. The maximum Gasteiger partial charge on any atom is 0.271 e. The molecule has 6 nitrogen and oxygen atoms in total. The van der Waals surface area contributed by atoms with Crippen molar-refractivity contribution in [2.24, 2.45) is 5.10 Å². The molecule has 2 rings (SSSR count). The minimum Gasteiger partial charge on any atom is -0.463 e. The third-order valence-corrected chi connectivity index (χ3v) is 3.09. The summed E-state index contributed by atoms with van der Waals surface area (Å²) in [6.45, 7) is 2.04. The molecule has 0 spiro atoms. The molecule has 2 aromatic rings. The van der Waals surface area contributed by atoms with Crippen molar-refractivity contribution in [3.63, 3.8) is 0 Å². The van der Waals surface area contributed by atoms with Crippen LogP contribution in [-0.4, -0.2) is 18.0 Å². The van der Waals surface area contributed by atoms with E-state index in [1.165, 1.54) is 12.5 Å². The van der Waals surface area contributed by atoms with Crippen LogP contribution < -0.4 is 10.7 Å². The van der Waals surface area contributed by atoms with E-state index in [9.17, 15) is 9.59 Å². The molecule has 0 saturated heterocycles. The Kier molecular flexibility index (Phi) is 6.11. The molecule has 1 heterocycles. The summed E-state index contributed by atoms with van der Waals surface area (Å²) >= 11 is 0. The summed E-state index contributed by atoms with van der Waals surface area (Å²) in [7, 11) is 0. The summed E-state index contributed by atoms with van der Waals surface area (Å²) in [4.78, 5) is 23.5. The molecule has 0 unspecified atom stereocenters. The van der Waals surface area contributed by atoms with Crippen LogP contribution in [0.3, 0.4) is 0 Å². The van der Waals surface area contributed by atoms with Gasteiger partial charge in [-0.2, -0.15) is 5.10 Å². The zero-order chi connectivity index (χ0) is 16.5. The minimum absolute atomic E-state index is 0.0212. The van der Waals surface area contributed by atoms with Crippen LogP contribution in [-0.2, 0) is 4.79 Å². The molecule has 0 aliphatic carbocycles. The molecule has 2 N–H and O–H groups in total. The van der Waals surface area contributed by atoms with Gasteiger partial charge < -0.3 is 9.73 Å². The van der Waals surface area contributed by atoms with E-state index in [2.05, 4.69) is 15.8 Å². The lowest BCUT2D eigenvalue weighted by Crippen LogP contribution is -2.17. The molecule has 0 aliphatic heterocycles. The highest BCUT2D eigenvalue weighted by atomic mass is 16.3. The number of nitrogens with one attached hydrogen (secondary N) is 2. The van der Waals surface area contributed by atoms with Crippen molar-refractivity contribution in [2.45, 2.75) is 26.2 Å². The van der Waals surface area contributed by atoms with Gasteiger partial charge in [0, 0.05) is 17.7 Å². The first-order chi connectivity index (χ1) is 11.2. The van der Waals surface area contributed by atoms with E-state index < -0.39 is 0 Å². The van der Waals surface area contributed by atoms with Gasteiger partial charge in [0.2, 0.25) is 5.91 Å². The highest BCUT2D eigenvalue weighted by Crippen LogP contribution is 2.10.